The number of aromatic nitrogens is 1. The van der Waals surface area contributed by atoms with Gasteiger partial charge in [0.1, 0.15) is 5.01 Å². The van der Waals surface area contributed by atoms with Crippen molar-refractivity contribution in [2.45, 2.75) is 6.92 Å². The van der Waals surface area contributed by atoms with Gasteiger partial charge < -0.3 is 10.8 Å². The van der Waals surface area contributed by atoms with Crippen molar-refractivity contribution in [1.82, 2.24) is 4.98 Å². The number of carboxylic acid groups (broad SMARTS) is 1. The molecule has 70 valence electrons. The summed E-state index contributed by atoms with van der Waals surface area (Å²) in [5.74, 6) is -0.948. The fourth-order valence-corrected chi connectivity index (χ4v) is 1.65. The van der Waals surface area contributed by atoms with Crippen LogP contribution in [0.25, 0.3) is 5.57 Å². The third-order valence-electron chi connectivity index (χ3n) is 1.67. The van der Waals surface area contributed by atoms with E-state index < -0.39 is 5.97 Å². The lowest BCUT2D eigenvalue weighted by molar-refractivity contribution is -0.132. The van der Waals surface area contributed by atoms with E-state index in [1.165, 1.54) is 18.3 Å². The van der Waals surface area contributed by atoms with Crippen LogP contribution in [0.3, 0.4) is 0 Å². The Labute approximate surface area is 79.7 Å². The first-order valence-corrected chi connectivity index (χ1v) is 4.57. The molecule has 0 bridgehead atoms. The Hall–Kier alpha value is -1.20. The quantitative estimate of drug-likeness (QED) is 0.709. The zero-order valence-electron chi connectivity index (χ0n) is 7.15. The Bertz CT molecular complexity index is 330. The van der Waals surface area contributed by atoms with E-state index in [2.05, 4.69) is 4.98 Å². The molecule has 1 aromatic heterocycles. The molecule has 0 radical (unpaired) electrons. The van der Waals surface area contributed by atoms with E-state index >= 15 is 0 Å². The molecule has 13 heavy (non-hydrogen) atoms. The van der Waals surface area contributed by atoms with Gasteiger partial charge in [-0.15, -0.1) is 11.3 Å². The fraction of sp³-hybridized carbons (Fsp3) is 0.250. The highest BCUT2D eigenvalue weighted by molar-refractivity contribution is 7.10. The first-order chi connectivity index (χ1) is 6.16. The number of nitrogens with zero attached hydrogens (tertiary/aromatic N) is 1. The number of aliphatic carboxylic acids is 1. The van der Waals surface area contributed by atoms with Crippen molar-refractivity contribution in [3.8, 4) is 0 Å². The second-order valence-electron chi connectivity index (χ2n) is 2.45. The van der Waals surface area contributed by atoms with Crippen LogP contribution in [-0.4, -0.2) is 22.6 Å². The summed E-state index contributed by atoms with van der Waals surface area (Å²) in [5.41, 5.74) is 6.31. The molecule has 1 heterocycles. The Balaban J connectivity index is 3.11. The Morgan fingerprint density at radius 1 is 1.77 bits per heavy atom. The van der Waals surface area contributed by atoms with Gasteiger partial charge in [0.25, 0.3) is 0 Å². The average molecular weight is 198 g/mol. The summed E-state index contributed by atoms with van der Waals surface area (Å²) in [7, 11) is 0. The van der Waals surface area contributed by atoms with Gasteiger partial charge >= 0.3 is 5.97 Å². The Kier molecular flexibility index (Phi) is 3.16. The topological polar surface area (TPSA) is 76.2 Å². The molecular weight excluding hydrogens is 188 g/mol. The molecule has 1 aromatic rings. The summed E-state index contributed by atoms with van der Waals surface area (Å²) >= 11 is 1.39. The van der Waals surface area contributed by atoms with Gasteiger partial charge in [-0.25, -0.2) is 9.78 Å². The van der Waals surface area contributed by atoms with Gasteiger partial charge in [0.2, 0.25) is 0 Å². The maximum absolute atomic E-state index is 10.7. The highest BCUT2D eigenvalue weighted by atomic mass is 32.1. The van der Waals surface area contributed by atoms with Crippen molar-refractivity contribution >= 4 is 22.9 Å². The molecule has 0 aliphatic heterocycles. The molecular formula is C8H10N2O2S. The zero-order chi connectivity index (χ0) is 9.84. The normalized spacial score (nSPS) is 12.5. The smallest absolute Gasteiger partial charge is 0.331 e. The van der Waals surface area contributed by atoms with Gasteiger partial charge in [0.15, 0.2) is 0 Å². The second kappa shape index (κ2) is 4.15. The Morgan fingerprint density at radius 2 is 2.46 bits per heavy atom. The minimum atomic E-state index is -0.948. The van der Waals surface area contributed by atoms with E-state index in [1.54, 1.807) is 11.6 Å². The number of carbonyl (C=O) groups is 1. The zero-order valence-corrected chi connectivity index (χ0v) is 7.97. The summed E-state index contributed by atoms with van der Waals surface area (Å²) in [6.07, 6.45) is 1.63. The third kappa shape index (κ3) is 2.13. The number of rotatable bonds is 3. The standard InChI is InChI=1S/C8H10N2O2S/c1-5(8(11)12)6(4-9)7-10-2-3-13-7/h2-3H,4,9H2,1H3,(H,11,12). The molecule has 4 nitrogen and oxygen atoms in total. The van der Waals surface area contributed by atoms with Crippen molar-refractivity contribution in [2.75, 3.05) is 6.54 Å². The summed E-state index contributed by atoms with van der Waals surface area (Å²) < 4.78 is 0. The molecule has 0 aliphatic rings. The minimum Gasteiger partial charge on any atom is -0.478 e. The first kappa shape index (κ1) is 9.88. The highest BCUT2D eigenvalue weighted by Crippen LogP contribution is 2.19. The molecule has 3 N–H and O–H groups in total. The van der Waals surface area contributed by atoms with E-state index in [1.807, 2.05) is 0 Å². The van der Waals surface area contributed by atoms with Crippen LogP contribution in [0.5, 0.6) is 0 Å². The lowest BCUT2D eigenvalue weighted by Crippen LogP contribution is -2.09. The van der Waals surface area contributed by atoms with Gasteiger partial charge in [0.05, 0.1) is 0 Å². The van der Waals surface area contributed by atoms with Crippen LogP contribution in [0.1, 0.15) is 11.9 Å². The monoisotopic (exact) mass is 198 g/mol. The van der Waals surface area contributed by atoms with Crippen molar-refractivity contribution in [2.24, 2.45) is 5.73 Å². The summed E-state index contributed by atoms with van der Waals surface area (Å²) in [5, 5.41) is 11.2. The van der Waals surface area contributed by atoms with E-state index in [0.29, 0.717) is 10.6 Å². The second-order valence-corrected chi connectivity index (χ2v) is 3.34. The van der Waals surface area contributed by atoms with Gasteiger partial charge in [0, 0.05) is 29.3 Å². The van der Waals surface area contributed by atoms with Crippen LogP contribution in [0.2, 0.25) is 0 Å². The van der Waals surface area contributed by atoms with E-state index in [0.717, 1.165) is 0 Å². The van der Waals surface area contributed by atoms with Crippen molar-refractivity contribution in [1.29, 1.82) is 0 Å². The summed E-state index contributed by atoms with van der Waals surface area (Å²) in [6, 6.07) is 0. The number of nitrogens with two attached hydrogens (primary N) is 1. The molecule has 0 saturated carbocycles. The van der Waals surface area contributed by atoms with Crippen LogP contribution < -0.4 is 5.73 Å². The van der Waals surface area contributed by atoms with Crippen molar-refractivity contribution < 1.29 is 9.90 Å². The molecule has 0 saturated heterocycles. The van der Waals surface area contributed by atoms with Crippen LogP contribution in [0, 0.1) is 0 Å². The van der Waals surface area contributed by atoms with Crippen LogP contribution in [0.15, 0.2) is 17.2 Å². The molecule has 0 aromatic carbocycles. The van der Waals surface area contributed by atoms with Gasteiger partial charge in [-0.05, 0) is 6.92 Å². The predicted octanol–water partition coefficient (Wildman–Crippen LogP) is 0.960. The van der Waals surface area contributed by atoms with Crippen molar-refractivity contribution in [3.63, 3.8) is 0 Å². The first-order valence-electron chi connectivity index (χ1n) is 3.69. The third-order valence-corrected chi connectivity index (χ3v) is 2.50. The van der Waals surface area contributed by atoms with Crippen LogP contribution >= 0.6 is 11.3 Å². The molecule has 0 atom stereocenters. The summed E-state index contributed by atoms with van der Waals surface area (Å²) in [4.78, 5) is 14.7. The predicted molar refractivity (Wildman–Crippen MR) is 51.4 cm³/mol. The minimum absolute atomic E-state index is 0.200. The number of carboxylic acids is 1. The SMILES string of the molecule is CC(C(=O)O)=C(CN)c1nccs1. The van der Waals surface area contributed by atoms with Crippen molar-refractivity contribution in [3.05, 3.63) is 22.2 Å². The number of thiazole rings is 1. The molecule has 0 amide bonds. The fourth-order valence-electron chi connectivity index (χ4n) is 0.902. The molecule has 1 rings (SSSR count). The van der Waals surface area contributed by atoms with Crippen LogP contribution in [0.4, 0.5) is 0 Å². The Morgan fingerprint density at radius 3 is 2.85 bits per heavy atom. The van der Waals surface area contributed by atoms with E-state index in [4.69, 9.17) is 10.8 Å². The molecule has 0 spiro atoms. The number of hydrogen-bond donors (Lipinski definition) is 2. The molecule has 5 heteroatoms. The maximum atomic E-state index is 10.7. The van der Waals surface area contributed by atoms with E-state index in [9.17, 15) is 4.79 Å². The largest absolute Gasteiger partial charge is 0.478 e. The summed E-state index contributed by atoms with van der Waals surface area (Å²) in [6.45, 7) is 1.73. The maximum Gasteiger partial charge on any atom is 0.331 e. The highest BCUT2D eigenvalue weighted by Gasteiger charge is 2.11. The lowest BCUT2D eigenvalue weighted by atomic mass is 10.1. The van der Waals surface area contributed by atoms with Gasteiger partial charge in [-0.1, -0.05) is 0 Å². The van der Waals surface area contributed by atoms with E-state index in [-0.39, 0.29) is 12.1 Å². The number of hydrogen-bond acceptors (Lipinski definition) is 4. The molecule has 0 aliphatic carbocycles. The molecule has 0 unspecified atom stereocenters. The van der Waals surface area contributed by atoms with Gasteiger partial charge in [-0.2, -0.15) is 0 Å². The van der Waals surface area contributed by atoms with Crippen LogP contribution in [-0.2, 0) is 4.79 Å². The lowest BCUT2D eigenvalue weighted by Gasteiger charge is -2.02. The molecule has 0 fully saturated rings. The van der Waals surface area contributed by atoms with Gasteiger partial charge in [-0.3, -0.25) is 0 Å². The average Bonchev–Trinajstić information content (AvgIpc) is 2.58.